The third-order valence-electron chi connectivity index (χ3n) is 4.66. The Hall–Kier alpha value is -2.90. The molecule has 1 aliphatic heterocycles. The summed E-state index contributed by atoms with van der Waals surface area (Å²) < 4.78 is 0. The molecule has 0 bridgehead atoms. The first-order chi connectivity index (χ1) is 14.0. The minimum absolute atomic E-state index is 0.156. The lowest BCUT2D eigenvalue weighted by molar-refractivity contribution is 0.0532. The summed E-state index contributed by atoms with van der Waals surface area (Å²) in [5, 5.41) is 9.28. The van der Waals surface area contributed by atoms with Crippen LogP contribution in [0, 0.1) is 0 Å². The predicted molar refractivity (Wildman–Crippen MR) is 110 cm³/mol. The zero-order valence-corrected chi connectivity index (χ0v) is 16.8. The normalized spacial score (nSPS) is 14.1. The van der Waals surface area contributed by atoms with Gasteiger partial charge < -0.3 is 9.80 Å². The van der Waals surface area contributed by atoms with E-state index in [2.05, 4.69) is 10.2 Å². The van der Waals surface area contributed by atoms with Crippen LogP contribution in [0.3, 0.4) is 0 Å². The van der Waals surface area contributed by atoms with Crippen molar-refractivity contribution in [3.05, 3.63) is 76.0 Å². The lowest BCUT2D eigenvalue weighted by atomic mass is 10.1. The van der Waals surface area contributed by atoms with E-state index in [-0.39, 0.29) is 17.5 Å². The van der Waals surface area contributed by atoms with Crippen molar-refractivity contribution < 1.29 is 9.59 Å². The molecule has 2 heterocycles. The number of amides is 2. The summed E-state index contributed by atoms with van der Waals surface area (Å²) in [4.78, 5) is 30.2. The first-order valence-corrected chi connectivity index (χ1v) is 9.79. The zero-order valence-electron chi connectivity index (χ0n) is 15.3. The van der Waals surface area contributed by atoms with Crippen molar-refractivity contribution in [3.63, 3.8) is 0 Å². The lowest BCUT2D eigenvalue weighted by Gasteiger charge is -2.34. The van der Waals surface area contributed by atoms with Gasteiger partial charge in [-0.1, -0.05) is 41.4 Å². The molecule has 1 saturated heterocycles. The number of carbonyl (C=O) groups is 2. The summed E-state index contributed by atoms with van der Waals surface area (Å²) in [6.07, 6.45) is 1.46. The van der Waals surface area contributed by atoms with Crippen molar-refractivity contribution >= 4 is 35.0 Å². The van der Waals surface area contributed by atoms with Crippen LogP contribution in [0.2, 0.25) is 10.0 Å². The van der Waals surface area contributed by atoms with Gasteiger partial charge in [-0.15, -0.1) is 5.10 Å². The van der Waals surface area contributed by atoms with Crippen LogP contribution in [0.1, 0.15) is 20.8 Å². The van der Waals surface area contributed by atoms with Crippen LogP contribution >= 0.6 is 23.2 Å². The Bertz CT molecular complexity index is 1030. The molecule has 7 nitrogen and oxygen atoms in total. The maximum Gasteiger partial charge on any atom is 0.276 e. The summed E-state index contributed by atoms with van der Waals surface area (Å²) >= 11 is 12.0. The van der Waals surface area contributed by atoms with Crippen molar-refractivity contribution in [2.75, 3.05) is 26.2 Å². The quantitative estimate of drug-likeness (QED) is 0.640. The molecule has 4 rings (SSSR count). The van der Waals surface area contributed by atoms with Crippen LogP contribution in [0.5, 0.6) is 0 Å². The standard InChI is InChI=1S/C20H17Cl2N5O2/c21-15-10-14(11-16(22)12-15)19(28)25-6-8-26(9-7-25)20(29)18-13-23-27(24-18)17-4-2-1-3-5-17/h1-5,10-13H,6-9H2. The molecular formula is C20H17Cl2N5O2. The Kier molecular flexibility index (Phi) is 5.51. The second-order valence-corrected chi connectivity index (χ2v) is 7.47. The molecule has 29 heavy (non-hydrogen) atoms. The number of nitrogens with zero attached hydrogens (tertiary/aromatic N) is 5. The molecule has 0 atom stereocenters. The monoisotopic (exact) mass is 429 g/mol. The Labute approximate surface area is 177 Å². The highest BCUT2D eigenvalue weighted by molar-refractivity contribution is 6.35. The molecule has 9 heteroatoms. The molecule has 2 amide bonds. The number of benzene rings is 2. The number of aromatic nitrogens is 3. The number of hydrogen-bond acceptors (Lipinski definition) is 4. The van der Waals surface area contributed by atoms with Crippen molar-refractivity contribution in [1.82, 2.24) is 24.8 Å². The van der Waals surface area contributed by atoms with Crippen LogP contribution < -0.4 is 0 Å². The number of carbonyl (C=O) groups excluding carboxylic acids is 2. The Balaban J connectivity index is 1.40. The van der Waals surface area contributed by atoms with Gasteiger partial charge in [-0.05, 0) is 30.3 Å². The summed E-state index contributed by atoms with van der Waals surface area (Å²) in [5.74, 6) is -0.360. The van der Waals surface area contributed by atoms with E-state index in [4.69, 9.17) is 23.2 Å². The SMILES string of the molecule is O=C(c1cc(Cl)cc(Cl)c1)N1CCN(C(=O)c2cnn(-c3ccccc3)n2)CC1. The number of hydrogen-bond donors (Lipinski definition) is 0. The Morgan fingerprint density at radius 1 is 0.828 bits per heavy atom. The molecule has 148 valence electrons. The van der Waals surface area contributed by atoms with E-state index in [1.54, 1.807) is 28.0 Å². The fourth-order valence-electron chi connectivity index (χ4n) is 3.18. The molecule has 1 fully saturated rings. The van der Waals surface area contributed by atoms with Gasteiger partial charge in [0.05, 0.1) is 11.9 Å². The second kappa shape index (κ2) is 8.23. The number of piperazine rings is 1. The predicted octanol–water partition coefficient (Wildman–Crippen LogP) is 3.17. The van der Waals surface area contributed by atoms with Gasteiger partial charge >= 0.3 is 0 Å². The minimum atomic E-state index is -0.204. The Morgan fingerprint density at radius 3 is 2.03 bits per heavy atom. The van der Waals surface area contributed by atoms with Crippen LogP contribution in [-0.2, 0) is 0 Å². The van der Waals surface area contributed by atoms with Gasteiger partial charge in [-0.2, -0.15) is 9.90 Å². The third kappa shape index (κ3) is 4.26. The summed E-state index contributed by atoms with van der Waals surface area (Å²) in [7, 11) is 0. The summed E-state index contributed by atoms with van der Waals surface area (Å²) in [6, 6.07) is 14.1. The van der Waals surface area contributed by atoms with Crippen molar-refractivity contribution in [2.24, 2.45) is 0 Å². The average molecular weight is 430 g/mol. The second-order valence-electron chi connectivity index (χ2n) is 6.60. The van der Waals surface area contributed by atoms with E-state index in [1.807, 2.05) is 30.3 Å². The van der Waals surface area contributed by atoms with E-state index >= 15 is 0 Å². The fraction of sp³-hybridized carbons (Fsp3) is 0.200. The summed E-state index contributed by atoms with van der Waals surface area (Å²) in [6.45, 7) is 1.66. The average Bonchev–Trinajstić information content (AvgIpc) is 3.23. The molecule has 0 aliphatic carbocycles. The minimum Gasteiger partial charge on any atom is -0.335 e. The van der Waals surface area contributed by atoms with Crippen LogP contribution in [0.15, 0.2) is 54.7 Å². The molecule has 0 N–H and O–H groups in total. The van der Waals surface area contributed by atoms with Crippen molar-refractivity contribution in [1.29, 1.82) is 0 Å². The van der Waals surface area contributed by atoms with Gasteiger partial charge in [-0.3, -0.25) is 9.59 Å². The van der Waals surface area contributed by atoms with Gasteiger partial charge in [-0.25, -0.2) is 0 Å². The van der Waals surface area contributed by atoms with Crippen LogP contribution in [0.4, 0.5) is 0 Å². The maximum atomic E-state index is 12.8. The van der Waals surface area contributed by atoms with E-state index < -0.39 is 0 Å². The maximum absolute atomic E-state index is 12.8. The first kappa shape index (κ1) is 19.4. The van der Waals surface area contributed by atoms with E-state index in [0.717, 1.165) is 5.69 Å². The third-order valence-corrected chi connectivity index (χ3v) is 5.10. The summed E-state index contributed by atoms with van der Waals surface area (Å²) in [5.41, 5.74) is 1.49. The molecule has 0 radical (unpaired) electrons. The molecule has 2 aromatic carbocycles. The molecule has 0 unspecified atom stereocenters. The van der Waals surface area contributed by atoms with Crippen molar-refractivity contribution in [2.45, 2.75) is 0 Å². The highest BCUT2D eigenvalue weighted by Gasteiger charge is 2.27. The van der Waals surface area contributed by atoms with E-state index in [9.17, 15) is 9.59 Å². The number of halogens is 2. The molecular weight excluding hydrogens is 413 g/mol. The van der Waals surface area contributed by atoms with Crippen LogP contribution in [-0.4, -0.2) is 62.8 Å². The number of rotatable bonds is 3. The smallest absolute Gasteiger partial charge is 0.276 e. The van der Waals surface area contributed by atoms with E-state index in [0.29, 0.717) is 41.8 Å². The topological polar surface area (TPSA) is 71.3 Å². The lowest BCUT2D eigenvalue weighted by Crippen LogP contribution is -2.50. The molecule has 1 aromatic heterocycles. The zero-order chi connectivity index (χ0) is 20.4. The molecule has 3 aromatic rings. The highest BCUT2D eigenvalue weighted by Crippen LogP contribution is 2.21. The van der Waals surface area contributed by atoms with Crippen molar-refractivity contribution in [3.8, 4) is 5.69 Å². The van der Waals surface area contributed by atoms with E-state index in [1.165, 1.54) is 11.0 Å². The largest absolute Gasteiger partial charge is 0.335 e. The molecule has 0 spiro atoms. The molecule has 1 aliphatic rings. The van der Waals surface area contributed by atoms with Gasteiger partial charge in [0, 0.05) is 41.8 Å². The van der Waals surface area contributed by atoms with Crippen LogP contribution in [0.25, 0.3) is 5.69 Å². The highest BCUT2D eigenvalue weighted by atomic mass is 35.5. The first-order valence-electron chi connectivity index (χ1n) is 9.04. The van der Waals surface area contributed by atoms with Gasteiger partial charge in [0.15, 0.2) is 5.69 Å². The Morgan fingerprint density at radius 2 is 1.41 bits per heavy atom. The fourth-order valence-corrected chi connectivity index (χ4v) is 3.71. The van der Waals surface area contributed by atoms with Gasteiger partial charge in [0.2, 0.25) is 0 Å². The van der Waals surface area contributed by atoms with Gasteiger partial charge in [0.25, 0.3) is 11.8 Å². The molecule has 0 saturated carbocycles. The van der Waals surface area contributed by atoms with Gasteiger partial charge in [0.1, 0.15) is 0 Å². The number of para-hydroxylation sites is 1.